The highest BCUT2D eigenvalue weighted by Gasteiger charge is 2.07. The molecule has 0 spiro atoms. The van der Waals surface area contributed by atoms with E-state index in [0.29, 0.717) is 10.8 Å². The molecular weight excluding hydrogens is 152 g/mol. The minimum atomic E-state index is 0.584. The molecule has 0 radical (unpaired) electrons. The maximum Gasteiger partial charge on any atom is 0.156 e. The van der Waals surface area contributed by atoms with Crippen molar-refractivity contribution in [1.29, 1.82) is 0 Å². The van der Waals surface area contributed by atoms with Crippen molar-refractivity contribution in [3.8, 4) is 0 Å². The van der Waals surface area contributed by atoms with E-state index >= 15 is 0 Å². The van der Waals surface area contributed by atoms with Crippen molar-refractivity contribution >= 4 is 11.6 Å². The van der Waals surface area contributed by atoms with Crippen molar-refractivity contribution in [2.45, 2.75) is 0 Å². The van der Waals surface area contributed by atoms with Crippen molar-refractivity contribution in [3.63, 3.8) is 0 Å². The minimum absolute atomic E-state index is 0.584. The molecule has 1 heterocycles. The van der Waals surface area contributed by atoms with Crippen LogP contribution in [0, 0.1) is 0 Å². The van der Waals surface area contributed by atoms with E-state index in [4.69, 9.17) is 16.3 Å². The highest BCUT2D eigenvalue weighted by atomic mass is 35.5. The number of rotatable bonds is 1. The molecule has 0 saturated heterocycles. The lowest BCUT2D eigenvalue weighted by Gasteiger charge is -2.20. The fraction of sp³-hybridized carbons (Fsp3) is 0.333. The molecule has 1 N–H and O–H groups in total. The molecule has 0 bridgehead atoms. The van der Waals surface area contributed by atoms with Crippen LogP contribution in [0.2, 0.25) is 0 Å². The van der Waals surface area contributed by atoms with Crippen molar-refractivity contribution in [1.82, 2.24) is 10.4 Å². The Morgan fingerprint density at radius 1 is 1.70 bits per heavy atom. The third-order valence-electron chi connectivity index (χ3n) is 1.16. The van der Waals surface area contributed by atoms with Crippen LogP contribution >= 0.6 is 11.6 Å². The Bertz CT molecular complexity index is 188. The molecule has 0 fully saturated rings. The topological polar surface area (TPSA) is 24.5 Å². The summed E-state index contributed by atoms with van der Waals surface area (Å²) in [6, 6.07) is 0. The van der Waals surface area contributed by atoms with Gasteiger partial charge in [-0.1, -0.05) is 11.6 Å². The third-order valence-corrected chi connectivity index (χ3v) is 1.46. The van der Waals surface area contributed by atoms with Crippen LogP contribution in [0.15, 0.2) is 23.2 Å². The number of nitrogens with zero attached hydrogens (tertiary/aromatic N) is 1. The normalized spacial score (nSPS) is 17.3. The molecule has 0 atom stereocenters. The van der Waals surface area contributed by atoms with Crippen LogP contribution in [-0.2, 0) is 4.74 Å². The Morgan fingerprint density at radius 3 is 2.90 bits per heavy atom. The van der Waals surface area contributed by atoms with Crippen molar-refractivity contribution in [2.75, 3.05) is 14.2 Å². The molecule has 0 aromatic carbocycles. The van der Waals surface area contributed by atoms with Gasteiger partial charge in [-0.3, -0.25) is 5.01 Å². The standard InChI is InChI=1S/C6H9ClN2O/c1-9-4-6(10-2)5(7)3-8-9/h3-4,8H,1-2H3. The summed E-state index contributed by atoms with van der Waals surface area (Å²) >= 11 is 5.73. The maximum atomic E-state index is 5.73. The number of hydrogen-bond donors (Lipinski definition) is 1. The average molecular weight is 161 g/mol. The van der Waals surface area contributed by atoms with E-state index in [-0.39, 0.29) is 0 Å². The quantitative estimate of drug-likeness (QED) is 0.620. The van der Waals surface area contributed by atoms with Crippen molar-refractivity contribution in [2.24, 2.45) is 0 Å². The van der Waals surface area contributed by atoms with Gasteiger partial charge in [-0.2, -0.15) is 0 Å². The first-order chi connectivity index (χ1) is 4.74. The number of hydrogen-bond acceptors (Lipinski definition) is 3. The molecule has 0 saturated carbocycles. The summed E-state index contributed by atoms with van der Waals surface area (Å²) in [6.07, 6.45) is 3.43. The molecule has 4 heteroatoms. The van der Waals surface area contributed by atoms with E-state index in [1.165, 1.54) is 0 Å². The lowest BCUT2D eigenvalue weighted by molar-refractivity contribution is 0.271. The molecular formula is C6H9ClN2O. The summed E-state index contributed by atoms with van der Waals surface area (Å²) in [5, 5.41) is 2.34. The summed E-state index contributed by atoms with van der Waals surface area (Å²) in [6.45, 7) is 0. The van der Waals surface area contributed by atoms with E-state index < -0.39 is 0 Å². The summed E-state index contributed by atoms with van der Waals surface area (Å²) in [4.78, 5) is 0. The Balaban J connectivity index is 2.74. The largest absolute Gasteiger partial charge is 0.494 e. The van der Waals surface area contributed by atoms with Gasteiger partial charge in [0.15, 0.2) is 5.76 Å². The average Bonchev–Trinajstić information content (AvgIpc) is 1.94. The molecule has 0 unspecified atom stereocenters. The second-order valence-corrected chi connectivity index (χ2v) is 2.34. The molecule has 0 aliphatic carbocycles. The lowest BCUT2D eigenvalue weighted by atomic mass is 10.4. The predicted molar refractivity (Wildman–Crippen MR) is 39.9 cm³/mol. The summed E-state index contributed by atoms with van der Waals surface area (Å²) < 4.78 is 4.95. The predicted octanol–water partition coefficient (Wildman–Crippen LogP) is 1.00. The van der Waals surface area contributed by atoms with E-state index in [0.717, 1.165) is 0 Å². The van der Waals surface area contributed by atoms with Crippen LogP contribution in [0.3, 0.4) is 0 Å². The van der Waals surface area contributed by atoms with E-state index in [2.05, 4.69) is 5.43 Å². The molecule has 3 nitrogen and oxygen atoms in total. The third kappa shape index (κ3) is 1.36. The van der Waals surface area contributed by atoms with Crippen LogP contribution in [-0.4, -0.2) is 19.2 Å². The van der Waals surface area contributed by atoms with Gasteiger partial charge in [0.2, 0.25) is 0 Å². The Morgan fingerprint density at radius 2 is 2.40 bits per heavy atom. The summed E-state index contributed by atoms with van der Waals surface area (Å²) in [5.74, 6) is 0.669. The molecule has 0 amide bonds. The number of allylic oxidation sites excluding steroid dienone is 1. The molecule has 0 aromatic rings. The molecule has 10 heavy (non-hydrogen) atoms. The van der Waals surface area contributed by atoms with Gasteiger partial charge in [0, 0.05) is 13.2 Å². The number of methoxy groups -OCH3 is 1. The molecule has 56 valence electrons. The molecule has 1 rings (SSSR count). The van der Waals surface area contributed by atoms with Crippen LogP contribution < -0.4 is 5.43 Å². The SMILES string of the molecule is COC1=CN(C)NC=C1Cl. The Hall–Kier alpha value is -0.830. The van der Waals surface area contributed by atoms with E-state index in [1.54, 1.807) is 24.5 Å². The van der Waals surface area contributed by atoms with Gasteiger partial charge in [-0.05, 0) is 0 Å². The van der Waals surface area contributed by atoms with Gasteiger partial charge in [0.1, 0.15) is 5.03 Å². The molecule has 1 aliphatic rings. The number of halogens is 1. The smallest absolute Gasteiger partial charge is 0.156 e. The number of nitrogens with one attached hydrogen (secondary N) is 1. The molecule has 0 aromatic heterocycles. The summed E-state index contributed by atoms with van der Waals surface area (Å²) in [5.41, 5.74) is 2.88. The number of ether oxygens (including phenoxy) is 1. The fourth-order valence-corrected chi connectivity index (χ4v) is 0.829. The van der Waals surface area contributed by atoms with Crippen LogP contribution in [0.25, 0.3) is 0 Å². The maximum absolute atomic E-state index is 5.73. The second kappa shape index (κ2) is 2.84. The first kappa shape index (κ1) is 7.28. The van der Waals surface area contributed by atoms with Gasteiger partial charge in [-0.15, -0.1) is 0 Å². The Kier molecular flexibility index (Phi) is 2.06. The monoisotopic (exact) mass is 160 g/mol. The van der Waals surface area contributed by atoms with Gasteiger partial charge >= 0.3 is 0 Å². The lowest BCUT2D eigenvalue weighted by Crippen LogP contribution is -2.28. The summed E-state index contributed by atoms with van der Waals surface area (Å²) in [7, 11) is 3.44. The zero-order valence-electron chi connectivity index (χ0n) is 5.89. The second-order valence-electron chi connectivity index (χ2n) is 1.93. The van der Waals surface area contributed by atoms with Gasteiger partial charge in [-0.25, -0.2) is 0 Å². The zero-order chi connectivity index (χ0) is 7.56. The zero-order valence-corrected chi connectivity index (χ0v) is 6.64. The molecule has 1 aliphatic heterocycles. The van der Waals surface area contributed by atoms with Crippen LogP contribution in [0.1, 0.15) is 0 Å². The van der Waals surface area contributed by atoms with E-state index in [9.17, 15) is 0 Å². The fourth-order valence-electron chi connectivity index (χ4n) is 0.655. The minimum Gasteiger partial charge on any atom is -0.494 e. The highest BCUT2D eigenvalue weighted by Crippen LogP contribution is 2.16. The van der Waals surface area contributed by atoms with Crippen molar-refractivity contribution in [3.05, 3.63) is 23.2 Å². The van der Waals surface area contributed by atoms with Gasteiger partial charge in [0.05, 0.1) is 13.3 Å². The van der Waals surface area contributed by atoms with Crippen LogP contribution in [0.5, 0.6) is 0 Å². The first-order valence-corrected chi connectivity index (χ1v) is 3.22. The van der Waals surface area contributed by atoms with Gasteiger partial charge in [0.25, 0.3) is 0 Å². The van der Waals surface area contributed by atoms with Gasteiger partial charge < -0.3 is 10.2 Å². The highest BCUT2D eigenvalue weighted by molar-refractivity contribution is 6.31. The first-order valence-electron chi connectivity index (χ1n) is 2.85. The number of hydrazine groups is 1. The Labute approximate surface area is 64.9 Å². The van der Waals surface area contributed by atoms with E-state index in [1.807, 2.05) is 7.05 Å². The van der Waals surface area contributed by atoms with Crippen molar-refractivity contribution < 1.29 is 4.74 Å². The van der Waals surface area contributed by atoms with Crippen LogP contribution in [0.4, 0.5) is 0 Å².